The van der Waals surface area contributed by atoms with Crippen LogP contribution in [0.1, 0.15) is 18.5 Å². The van der Waals surface area contributed by atoms with Crippen LogP contribution in [0, 0.1) is 6.92 Å². The maximum Gasteiger partial charge on any atom is 0.293 e. The summed E-state index contributed by atoms with van der Waals surface area (Å²) in [5.41, 5.74) is 2.03. The van der Waals surface area contributed by atoms with E-state index in [1.165, 1.54) is 0 Å². The molecule has 0 radical (unpaired) electrons. The van der Waals surface area contributed by atoms with Gasteiger partial charge in [-0.2, -0.15) is 0 Å². The van der Waals surface area contributed by atoms with Gasteiger partial charge in [0, 0.05) is 13.3 Å². The molecule has 15 heavy (non-hydrogen) atoms. The van der Waals surface area contributed by atoms with Crippen LogP contribution in [0.25, 0.3) is 0 Å². The third-order valence-corrected chi connectivity index (χ3v) is 1.94. The van der Waals surface area contributed by atoms with Gasteiger partial charge >= 0.3 is 0 Å². The van der Waals surface area contributed by atoms with E-state index in [1.807, 2.05) is 13.1 Å². The summed E-state index contributed by atoms with van der Waals surface area (Å²) >= 11 is 0. The van der Waals surface area contributed by atoms with Gasteiger partial charge in [0.05, 0.1) is 18.9 Å². The van der Waals surface area contributed by atoms with E-state index >= 15 is 0 Å². The fourth-order valence-electron chi connectivity index (χ4n) is 1.23. The lowest BCUT2D eigenvalue weighted by Crippen LogP contribution is -2.01. The standard InChI is InChI=1S/C11H18N2O2/c1-9(8-14-3)5-4-6-15-11-12-7-10(2)13-11/h7H,1,4-6,8H2,2-3H3,(H,12,13). The van der Waals surface area contributed by atoms with Crippen LogP contribution < -0.4 is 4.74 Å². The van der Waals surface area contributed by atoms with Crippen molar-refractivity contribution in [3.8, 4) is 6.01 Å². The molecule has 0 saturated carbocycles. The highest BCUT2D eigenvalue weighted by atomic mass is 16.5. The molecule has 1 N–H and O–H groups in total. The molecule has 4 heteroatoms. The van der Waals surface area contributed by atoms with Crippen molar-refractivity contribution in [3.05, 3.63) is 24.0 Å². The zero-order valence-corrected chi connectivity index (χ0v) is 9.38. The summed E-state index contributed by atoms with van der Waals surface area (Å²) in [4.78, 5) is 7.08. The van der Waals surface area contributed by atoms with Gasteiger partial charge in [-0.25, -0.2) is 4.98 Å². The monoisotopic (exact) mass is 210 g/mol. The normalized spacial score (nSPS) is 10.3. The van der Waals surface area contributed by atoms with Crippen LogP contribution in [0.2, 0.25) is 0 Å². The molecule has 0 aromatic carbocycles. The Morgan fingerprint density at radius 2 is 2.40 bits per heavy atom. The largest absolute Gasteiger partial charge is 0.465 e. The minimum atomic E-state index is 0.588. The molecular weight excluding hydrogens is 192 g/mol. The number of imidazole rings is 1. The molecule has 0 atom stereocenters. The molecule has 1 rings (SSSR count). The Morgan fingerprint density at radius 3 is 3.00 bits per heavy atom. The van der Waals surface area contributed by atoms with E-state index in [1.54, 1.807) is 7.11 Å². The van der Waals surface area contributed by atoms with Gasteiger partial charge in [-0.15, -0.1) is 0 Å². The fourth-order valence-corrected chi connectivity index (χ4v) is 1.23. The van der Waals surface area contributed by atoms with Crippen LogP contribution in [-0.2, 0) is 4.74 Å². The molecule has 0 bridgehead atoms. The van der Waals surface area contributed by atoms with E-state index in [4.69, 9.17) is 9.47 Å². The van der Waals surface area contributed by atoms with Gasteiger partial charge in [-0.3, -0.25) is 0 Å². The van der Waals surface area contributed by atoms with Gasteiger partial charge in [0.25, 0.3) is 6.01 Å². The third-order valence-electron chi connectivity index (χ3n) is 1.94. The van der Waals surface area contributed by atoms with Crippen molar-refractivity contribution in [2.75, 3.05) is 20.3 Å². The molecule has 1 aromatic rings. The third kappa shape index (κ3) is 4.65. The second-order valence-electron chi connectivity index (χ2n) is 3.48. The Kier molecular flexibility index (Phi) is 4.90. The number of aryl methyl sites for hydroxylation is 1. The second kappa shape index (κ2) is 6.24. The number of nitrogens with one attached hydrogen (secondary N) is 1. The van der Waals surface area contributed by atoms with Gasteiger partial charge < -0.3 is 14.5 Å². The van der Waals surface area contributed by atoms with E-state index in [9.17, 15) is 0 Å². The molecule has 1 aromatic heterocycles. The van der Waals surface area contributed by atoms with Gasteiger partial charge in [0.1, 0.15) is 0 Å². The van der Waals surface area contributed by atoms with Gasteiger partial charge in [-0.05, 0) is 19.8 Å². The first-order valence-corrected chi connectivity index (χ1v) is 5.02. The zero-order valence-electron chi connectivity index (χ0n) is 9.38. The predicted octanol–water partition coefficient (Wildman–Crippen LogP) is 2.08. The lowest BCUT2D eigenvalue weighted by molar-refractivity contribution is 0.220. The lowest BCUT2D eigenvalue weighted by Gasteiger charge is -2.04. The fraction of sp³-hybridized carbons (Fsp3) is 0.545. The highest BCUT2D eigenvalue weighted by Gasteiger charge is 1.98. The van der Waals surface area contributed by atoms with Crippen molar-refractivity contribution in [2.24, 2.45) is 0 Å². The van der Waals surface area contributed by atoms with Crippen LogP contribution in [-0.4, -0.2) is 30.3 Å². The van der Waals surface area contributed by atoms with Crippen molar-refractivity contribution in [2.45, 2.75) is 19.8 Å². The quantitative estimate of drug-likeness (QED) is 0.553. The van der Waals surface area contributed by atoms with Crippen molar-refractivity contribution in [3.63, 3.8) is 0 Å². The Bertz CT molecular complexity index is 307. The number of methoxy groups -OCH3 is 1. The number of rotatable bonds is 7. The molecule has 0 aliphatic heterocycles. The molecule has 0 saturated heterocycles. The minimum absolute atomic E-state index is 0.588. The average Bonchev–Trinajstić information content (AvgIpc) is 2.60. The molecule has 1 heterocycles. The predicted molar refractivity (Wildman–Crippen MR) is 59.1 cm³/mol. The molecule has 84 valence electrons. The first kappa shape index (κ1) is 11.8. The van der Waals surface area contributed by atoms with Crippen LogP contribution in [0.3, 0.4) is 0 Å². The van der Waals surface area contributed by atoms with Crippen LogP contribution in [0.5, 0.6) is 6.01 Å². The summed E-state index contributed by atoms with van der Waals surface area (Å²) in [6.45, 7) is 7.08. The summed E-state index contributed by atoms with van der Waals surface area (Å²) in [7, 11) is 1.67. The van der Waals surface area contributed by atoms with Crippen molar-refractivity contribution >= 4 is 0 Å². The van der Waals surface area contributed by atoms with Crippen molar-refractivity contribution in [1.82, 2.24) is 9.97 Å². The smallest absolute Gasteiger partial charge is 0.293 e. The minimum Gasteiger partial charge on any atom is -0.465 e. The van der Waals surface area contributed by atoms with Gasteiger partial charge in [0.15, 0.2) is 0 Å². The molecule has 0 fully saturated rings. The van der Waals surface area contributed by atoms with E-state index < -0.39 is 0 Å². The SMILES string of the molecule is C=C(CCCOc1nc(C)c[nH]1)COC. The Labute approximate surface area is 90.3 Å². The average molecular weight is 210 g/mol. The van der Waals surface area contributed by atoms with E-state index in [-0.39, 0.29) is 0 Å². The van der Waals surface area contributed by atoms with Crippen LogP contribution >= 0.6 is 0 Å². The maximum atomic E-state index is 5.41. The number of hydrogen-bond acceptors (Lipinski definition) is 3. The van der Waals surface area contributed by atoms with E-state index in [0.29, 0.717) is 19.2 Å². The highest BCUT2D eigenvalue weighted by molar-refractivity contribution is 5.02. The van der Waals surface area contributed by atoms with Gasteiger partial charge in [0.2, 0.25) is 0 Å². The van der Waals surface area contributed by atoms with Crippen LogP contribution in [0.4, 0.5) is 0 Å². The number of ether oxygens (including phenoxy) is 2. The van der Waals surface area contributed by atoms with Crippen molar-refractivity contribution < 1.29 is 9.47 Å². The molecule has 0 aliphatic rings. The molecule has 4 nitrogen and oxygen atoms in total. The van der Waals surface area contributed by atoms with Gasteiger partial charge in [-0.1, -0.05) is 12.2 Å². The molecular formula is C11H18N2O2. The zero-order chi connectivity index (χ0) is 11.1. The van der Waals surface area contributed by atoms with Crippen LogP contribution in [0.15, 0.2) is 18.3 Å². The van der Waals surface area contributed by atoms with Crippen molar-refractivity contribution in [1.29, 1.82) is 0 Å². The lowest BCUT2D eigenvalue weighted by atomic mass is 10.2. The number of nitrogens with zero attached hydrogens (tertiary/aromatic N) is 1. The number of aromatic amines is 1. The maximum absolute atomic E-state index is 5.41. The first-order valence-electron chi connectivity index (χ1n) is 5.02. The summed E-state index contributed by atoms with van der Waals surface area (Å²) < 4.78 is 10.4. The first-order chi connectivity index (χ1) is 7.22. The Hall–Kier alpha value is -1.29. The number of aromatic nitrogens is 2. The summed E-state index contributed by atoms with van der Waals surface area (Å²) in [5.74, 6) is 0. The Balaban J connectivity index is 2.09. The number of H-pyrrole nitrogens is 1. The molecule has 0 amide bonds. The van der Waals surface area contributed by atoms with E-state index in [2.05, 4.69) is 16.5 Å². The Morgan fingerprint density at radius 1 is 1.60 bits per heavy atom. The molecule has 0 unspecified atom stereocenters. The molecule has 0 aliphatic carbocycles. The second-order valence-corrected chi connectivity index (χ2v) is 3.48. The highest BCUT2D eigenvalue weighted by Crippen LogP contribution is 2.06. The number of hydrogen-bond donors (Lipinski definition) is 1. The topological polar surface area (TPSA) is 47.1 Å². The summed E-state index contributed by atoms with van der Waals surface area (Å²) in [6.07, 6.45) is 3.68. The molecule has 0 spiro atoms. The summed E-state index contributed by atoms with van der Waals surface area (Å²) in [5, 5.41) is 0. The summed E-state index contributed by atoms with van der Waals surface area (Å²) in [6, 6.07) is 0.588. The van der Waals surface area contributed by atoms with E-state index in [0.717, 1.165) is 24.1 Å².